The second-order valence-corrected chi connectivity index (χ2v) is 6.10. The molecule has 0 spiro atoms. The fourth-order valence-electron chi connectivity index (χ4n) is 2.07. The van der Waals surface area contributed by atoms with Gasteiger partial charge in [0.1, 0.15) is 11.8 Å². The van der Waals surface area contributed by atoms with Crippen LogP contribution in [0.25, 0.3) is 5.69 Å². The molecular formula is C13H14N4S. The summed E-state index contributed by atoms with van der Waals surface area (Å²) in [4.78, 5) is 4.49. The third-order valence-corrected chi connectivity index (χ3v) is 4.72. The summed E-state index contributed by atoms with van der Waals surface area (Å²) in [6.45, 7) is 0. The summed E-state index contributed by atoms with van der Waals surface area (Å²) in [5, 5.41) is 11.6. The van der Waals surface area contributed by atoms with E-state index in [0.717, 1.165) is 28.4 Å². The van der Waals surface area contributed by atoms with Crippen LogP contribution in [0, 0.1) is 5.41 Å². The van der Waals surface area contributed by atoms with Crippen molar-refractivity contribution in [1.29, 1.82) is 5.41 Å². The lowest BCUT2D eigenvalue weighted by Crippen LogP contribution is -2.23. The van der Waals surface area contributed by atoms with E-state index in [1.165, 1.54) is 0 Å². The fraction of sp³-hybridized carbons (Fsp3) is 0.154. The zero-order chi connectivity index (χ0) is 12.7. The quantitative estimate of drug-likeness (QED) is 0.463. The molecule has 0 fully saturated rings. The molecule has 3 rings (SSSR count). The molecule has 2 aromatic rings. The van der Waals surface area contributed by atoms with Gasteiger partial charge in [0, 0.05) is 23.4 Å². The van der Waals surface area contributed by atoms with Crippen molar-refractivity contribution in [2.45, 2.75) is 11.4 Å². The van der Waals surface area contributed by atoms with Crippen LogP contribution in [0.5, 0.6) is 0 Å². The van der Waals surface area contributed by atoms with E-state index in [2.05, 4.69) is 16.6 Å². The van der Waals surface area contributed by atoms with E-state index in [1.54, 1.807) is 10.9 Å². The summed E-state index contributed by atoms with van der Waals surface area (Å²) >= 11 is 0. The second-order valence-electron chi connectivity index (χ2n) is 4.27. The normalized spacial score (nSPS) is 17.3. The third-order valence-electron chi connectivity index (χ3n) is 3.09. The Morgan fingerprint density at radius 3 is 2.78 bits per heavy atom. The number of rotatable bonds is 1. The van der Waals surface area contributed by atoms with Gasteiger partial charge in [-0.15, -0.1) is 10.5 Å². The average molecular weight is 258 g/mol. The minimum Gasteiger partial charge on any atom is -0.399 e. The Kier molecular flexibility index (Phi) is 2.56. The van der Waals surface area contributed by atoms with Crippen LogP contribution in [0.1, 0.15) is 5.56 Å². The Balaban J connectivity index is 2.16. The molecule has 1 atom stereocenters. The Hall–Kier alpha value is -1.88. The molecule has 0 bridgehead atoms. The minimum atomic E-state index is 0.0842. The van der Waals surface area contributed by atoms with Crippen LogP contribution in [0.2, 0.25) is 0 Å². The predicted octanol–water partition coefficient (Wildman–Crippen LogP) is 1.55. The number of nitrogens with zero attached hydrogens (tertiary/aromatic N) is 2. The molecule has 0 aliphatic carbocycles. The number of nitrogen functional groups attached to an aromatic ring is 1. The van der Waals surface area contributed by atoms with Crippen LogP contribution in [-0.2, 0) is 6.42 Å². The van der Waals surface area contributed by atoms with Crippen LogP contribution in [-0.4, -0.2) is 21.2 Å². The molecule has 2 heterocycles. The van der Waals surface area contributed by atoms with Crippen molar-refractivity contribution >= 4 is 21.5 Å². The lowest BCUT2D eigenvalue weighted by molar-refractivity contribution is 0.818. The largest absolute Gasteiger partial charge is 0.399 e. The van der Waals surface area contributed by atoms with E-state index in [4.69, 9.17) is 11.1 Å². The maximum absolute atomic E-state index is 8.28. The van der Waals surface area contributed by atoms with Gasteiger partial charge in [-0.3, -0.25) is 9.98 Å². The van der Waals surface area contributed by atoms with Gasteiger partial charge in [-0.05, 0) is 30.5 Å². The van der Waals surface area contributed by atoms with Gasteiger partial charge in [-0.1, -0.05) is 5.37 Å². The summed E-state index contributed by atoms with van der Waals surface area (Å²) in [5.41, 5.74) is 8.89. The molecule has 1 aliphatic heterocycles. The molecule has 1 aromatic carbocycles. The van der Waals surface area contributed by atoms with Gasteiger partial charge in [-0.2, -0.15) is 0 Å². The number of nitrogens with two attached hydrogens (primary N) is 1. The molecule has 5 heteroatoms. The van der Waals surface area contributed by atoms with Crippen LogP contribution in [0.15, 0.2) is 35.6 Å². The highest BCUT2D eigenvalue weighted by Gasteiger charge is 2.15. The van der Waals surface area contributed by atoms with E-state index >= 15 is 0 Å². The molecule has 4 nitrogen and oxygen atoms in total. The standard InChI is InChI=1S/C13H14N4S/c1-18-7-6-11-12(15)17(8-16-13(11)18)10-4-2-9(14)3-5-10/h2-5,7-8,15H,6,14H2,1H3. The summed E-state index contributed by atoms with van der Waals surface area (Å²) in [6.07, 6.45) is 4.72. The van der Waals surface area contributed by atoms with E-state index in [1.807, 2.05) is 24.3 Å². The molecule has 0 amide bonds. The maximum atomic E-state index is 8.28. The van der Waals surface area contributed by atoms with Crippen molar-refractivity contribution in [3.8, 4) is 5.69 Å². The molecule has 92 valence electrons. The number of nitrogens with one attached hydrogen (secondary N) is 1. The van der Waals surface area contributed by atoms with Crippen molar-refractivity contribution in [2.24, 2.45) is 0 Å². The Labute approximate surface area is 108 Å². The van der Waals surface area contributed by atoms with Crippen LogP contribution < -0.4 is 11.2 Å². The van der Waals surface area contributed by atoms with Gasteiger partial charge in [0.15, 0.2) is 0 Å². The maximum Gasteiger partial charge on any atom is 0.136 e. The highest BCUT2D eigenvalue weighted by atomic mass is 32.2. The number of anilines is 1. The lowest BCUT2D eigenvalue weighted by atomic mass is 10.2. The van der Waals surface area contributed by atoms with E-state index in [9.17, 15) is 0 Å². The van der Waals surface area contributed by atoms with Crippen molar-refractivity contribution in [3.05, 3.63) is 41.6 Å². The monoisotopic (exact) mass is 258 g/mol. The summed E-state index contributed by atoms with van der Waals surface area (Å²) in [7, 11) is 0.0842. The Bertz CT molecular complexity index is 698. The van der Waals surface area contributed by atoms with Crippen molar-refractivity contribution < 1.29 is 0 Å². The van der Waals surface area contributed by atoms with Gasteiger partial charge in [0.25, 0.3) is 0 Å². The minimum absolute atomic E-state index is 0.0842. The first-order valence-electron chi connectivity index (χ1n) is 5.66. The molecule has 0 saturated carbocycles. The molecule has 1 aromatic heterocycles. The fourth-order valence-corrected chi connectivity index (χ4v) is 3.43. The first-order chi connectivity index (χ1) is 8.66. The molecule has 0 radical (unpaired) electrons. The number of benzene rings is 1. The highest BCUT2D eigenvalue weighted by molar-refractivity contribution is 8.14. The zero-order valence-corrected chi connectivity index (χ0v) is 10.9. The SMILES string of the molecule is CS1=CCc2c1ncn(-c1ccc(N)cc1)c2=N. The second kappa shape index (κ2) is 4.10. The van der Waals surface area contributed by atoms with E-state index in [0.29, 0.717) is 5.49 Å². The first kappa shape index (κ1) is 11.2. The summed E-state index contributed by atoms with van der Waals surface area (Å²) in [5.74, 6) is 0. The van der Waals surface area contributed by atoms with Gasteiger partial charge in [0.2, 0.25) is 0 Å². The van der Waals surface area contributed by atoms with E-state index < -0.39 is 0 Å². The number of hydrogen-bond acceptors (Lipinski definition) is 3. The number of hydrogen-bond donors (Lipinski definition) is 2. The molecule has 3 N–H and O–H groups in total. The number of fused-ring (bicyclic) bond motifs is 1. The van der Waals surface area contributed by atoms with Gasteiger partial charge in [0.05, 0.1) is 5.03 Å². The van der Waals surface area contributed by atoms with Crippen molar-refractivity contribution in [3.63, 3.8) is 0 Å². The van der Waals surface area contributed by atoms with Crippen molar-refractivity contribution in [1.82, 2.24) is 9.55 Å². The van der Waals surface area contributed by atoms with Gasteiger partial charge < -0.3 is 5.73 Å². The predicted molar refractivity (Wildman–Crippen MR) is 75.4 cm³/mol. The average Bonchev–Trinajstić information content (AvgIpc) is 2.74. The van der Waals surface area contributed by atoms with Gasteiger partial charge in [-0.25, -0.2) is 4.98 Å². The van der Waals surface area contributed by atoms with Crippen LogP contribution in [0.3, 0.4) is 0 Å². The number of aromatic nitrogens is 2. The molecule has 18 heavy (non-hydrogen) atoms. The van der Waals surface area contributed by atoms with Crippen LogP contribution >= 0.6 is 10.5 Å². The van der Waals surface area contributed by atoms with Crippen molar-refractivity contribution in [2.75, 3.05) is 12.0 Å². The Morgan fingerprint density at radius 1 is 1.33 bits per heavy atom. The van der Waals surface area contributed by atoms with Gasteiger partial charge >= 0.3 is 0 Å². The first-order valence-corrected chi connectivity index (χ1v) is 7.35. The Morgan fingerprint density at radius 2 is 2.06 bits per heavy atom. The van der Waals surface area contributed by atoms with Crippen LogP contribution in [0.4, 0.5) is 5.69 Å². The highest BCUT2D eigenvalue weighted by Crippen LogP contribution is 2.27. The lowest BCUT2D eigenvalue weighted by Gasteiger charge is -2.10. The molecular weight excluding hydrogens is 244 g/mol. The molecule has 1 aliphatic rings. The molecule has 1 unspecified atom stereocenters. The smallest absolute Gasteiger partial charge is 0.136 e. The summed E-state index contributed by atoms with van der Waals surface area (Å²) in [6, 6.07) is 7.49. The zero-order valence-electron chi connectivity index (χ0n) is 10.1. The molecule has 0 saturated heterocycles. The summed E-state index contributed by atoms with van der Waals surface area (Å²) < 4.78 is 1.80. The topological polar surface area (TPSA) is 67.7 Å². The van der Waals surface area contributed by atoms with E-state index in [-0.39, 0.29) is 10.5 Å². The third kappa shape index (κ3) is 1.67.